The van der Waals surface area contributed by atoms with Crippen molar-refractivity contribution in [3.8, 4) is 5.88 Å². The van der Waals surface area contributed by atoms with Gasteiger partial charge in [0.15, 0.2) is 0 Å². The second-order valence-corrected chi connectivity index (χ2v) is 5.61. The highest BCUT2D eigenvalue weighted by atomic mass is 32.2. The standard InChI is InChI=1S/C12H19N3OS/c1-3-17-10-6-4-5-9(10)14-12-13-8-7-11(15-12)16-2/h7-10H,3-6H2,1-2H3,(H,13,14,15). The van der Waals surface area contributed by atoms with Gasteiger partial charge in [0.05, 0.1) is 7.11 Å². The van der Waals surface area contributed by atoms with E-state index in [1.54, 1.807) is 19.4 Å². The van der Waals surface area contributed by atoms with E-state index in [9.17, 15) is 0 Å². The van der Waals surface area contributed by atoms with Crippen molar-refractivity contribution >= 4 is 17.7 Å². The molecule has 0 saturated heterocycles. The Morgan fingerprint density at radius 1 is 1.53 bits per heavy atom. The van der Waals surface area contributed by atoms with Crippen molar-refractivity contribution in [2.24, 2.45) is 0 Å². The molecule has 17 heavy (non-hydrogen) atoms. The highest BCUT2D eigenvalue weighted by Crippen LogP contribution is 2.31. The molecule has 94 valence electrons. The minimum absolute atomic E-state index is 0.493. The average Bonchev–Trinajstić information content (AvgIpc) is 2.78. The van der Waals surface area contributed by atoms with Gasteiger partial charge in [0, 0.05) is 23.6 Å². The second-order valence-electron chi connectivity index (χ2n) is 4.10. The predicted octanol–water partition coefficient (Wildman–Crippen LogP) is 2.57. The molecule has 1 heterocycles. The van der Waals surface area contributed by atoms with Gasteiger partial charge in [-0.3, -0.25) is 0 Å². The number of nitrogens with zero attached hydrogens (tertiary/aromatic N) is 2. The number of thioether (sulfide) groups is 1. The van der Waals surface area contributed by atoms with Crippen LogP contribution >= 0.6 is 11.8 Å². The summed E-state index contributed by atoms with van der Waals surface area (Å²) in [5.74, 6) is 2.46. The molecule has 1 fully saturated rings. The summed E-state index contributed by atoms with van der Waals surface area (Å²) in [5, 5.41) is 4.12. The number of aromatic nitrogens is 2. The van der Waals surface area contributed by atoms with Gasteiger partial charge in [-0.05, 0) is 18.6 Å². The number of methoxy groups -OCH3 is 1. The lowest BCUT2D eigenvalue weighted by molar-refractivity contribution is 0.397. The van der Waals surface area contributed by atoms with Crippen molar-refractivity contribution < 1.29 is 4.74 Å². The van der Waals surface area contributed by atoms with E-state index in [2.05, 4.69) is 22.2 Å². The molecular formula is C12H19N3OS. The van der Waals surface area contributed by atoms with Crippen LogP contribution < -0.4 is 10.1 Å². The van der Waals surface area contributed by atoms with E-state index in [0.29, 0.717) is 23.1 Å². The van der Waals surface area contributed by atoms with Gasteiger partial charge in [-0.15, -0.1) is 0 Å². The number of hydrogen-bond donors (Lipinski definition) is 1. The summed E-state index contributed by atoms with van der Waals surface area (Å²) in [4.78, 5) is 8.53. The minimum Gasteiger partial charge on any atom is -0.481 e. The third kappa shape index (κ3) is 3.25. The summed E-state index contributed by atoms with van der Waals surface area (Å²) >= 11 is 2.03. The highest BCUT2D eigenvalue weighted by Gasteiger charge is 2.27. The van der Waals surface area contributed by atoms with Gasteiger partial charge in [0.2, 0.25) is 11.8 Å². The van der Waals surface area contributed by atoms with E-state index in [1.807, 2.05) is 11.8 Å². The third-order valence-corrected chi connectivity index (χ3v) is 4.31. The van der Waals surface area contributed by atoms with Gasteiger partial charge in [-0.1, -0.05) is 13.3 Å². The Morgan fingerprint density at radius 2 is 2.41 bits per heavy atom. The van der Waals surface area contributed by atoms with Crippen LogP contribution in [0.3, 0.4) is 0 Å². The molecule has 2 atom stereocenters. The van der Waals surface area contributed by atoms with Crippen LogP contribution in [0.2, 0.25) is 0 Å². The number of anilines is 1. The van der Waals surface area contributed by atoms with Gasteiger partial charge in [0.25, 0.3) is 0 Å². The summed E-state index contributed by atoms with van der Waals surface area (Å²) in [6.07, 6.45) is 5.52. The fourth-order valence-corrected chi connectivity index (χ4v) is 3.39. The van der Waals surface area contributed by atoms with Crippen molar-refractivity contribution in [1.29, 1.82) is 0 Å². The molecule has 1 N–H and O–H groups in total. The van der Waals surface area contributed by atoms with E-state index in [-0.39, 0.29) is 0 Å². The molecular weight excluding hydrogens is 234 g/mol. The molecule has 5 heteroatoms. The fraction of sp³-hybridized carbons (Fsp3) is 0.667. The van der Waals surface area contributed by atoms with Crippen LogP contribution in [0.5, 0.6) is 5.88 Å². The lowest BCUT2D eigenvalue weighted by Gasteiger charge is -2.20. The monoisotopic (exact) mass is 253 g/mol. The van der Waals surface area contributed by atoms with Crippen molar-refractivity contribution in [2.75, 3.05) is 18.2 Å². The first kappa shape index (κ1) is 12.5. The lowest BCUT2D eigenvalue weighted by atomic mass is 10.2. The van der Waals surface area contributed by atoms with E-state index in [1.165, 1.54) is 25.0 Å². The van der Waals surface area contributed by atoms with Crippen LogP contribution in [0.15, 0.2) is 12.3 Å². The first-order valence-corrected chi connectivity index (χ1v) is 7.13. The Morgan fingerprint density at radius 3 is 3.18 bits per heavy atom. The molecule has 0 aromatic carbocycles. The largest absolute Gasteiger partial charge is 0.481 e. The molecule has 2 rings (SSSR count). The normalized spacial score (nSPS) is 23.6. The maximum Gasteiger partial charge on any atom is 0.226 e. The Hall–Kier alpha value is -0.970. The quantitative estimate of drug-likeness (QED) is 0.874. The first-order valence-electron chi connectivity index (χ1n) is 6.08. The topological polar surface area (TPSA) is 47.0 Å². The average molecular weight is 253 g/mol. The van der Waals surface area contributed by atoms with Crippen molar-refractivity contribution in [3.05, 3.63) is 12.3 Å². The molecule has 4 nitrogen and oxygen atoms in total. The highest BCUT2D eigenvalue weighted by molar-refractivity contribution is 7.99. The van der Waals surface area contributed by atoms with Gasteiger partial charge in [0.1, 0.15) is 0 Å². The maximum atomic E-state index is 5.10. The zero-order chi connectivity index (χ0) is 12.1. The Balaban J connectivity index is 1.99. The van der Waals surface area contributed by atoms with Gasteiger partial charge in [-0.2, -0.15) is 16.7 Å². The summed E-state index contributed by atoms with van der Waals surface area (Å²) < 4.78 is 5.10. The molecule has 1 saturated carbocycles. The molecule has 0 radical (unpaired) electrons. The van der Waals surface area contributed by atoms with E-state index >= 15 is 0 Å². The molecule has 0 amide bonds. The third-order valence-electron chi connectivity index (χ3n) is 2.99. The number of ether oxygens (including phenoxy) is 1. The van der Waals surface area contributed by atoms with Gasteiger partial charge in [-0.25, -0.2) is 4.98 Å². The zero-order valence-corrected chi connectivity index (χ0v) is 11.2. The van der Waals surface area contributed by atoms with Crippen LogP contribution in [-0.4, -0.2) is 34.1 Å². The predicted molar refractivity (Wildman–Crippen MR) is 71.8 cm³/mol. The first-order chi connectivity index (χ1) is 8.33. The van der Waals surface area contributed by atoms with Crippen molar-refractivity contribution in [2.45, 2.75) is 37.5 Å². The second kappa shape index (κ2) is 6.10. The zero-order valence-electron chi connectivity index (χ0n) is 10.3. The molecule has 0 aliphatic heterocycles. The van der Waals surface area contributed by atoms with Crippen LogP contribution in [0.25, 0.3) is 0 Å². The van der Waals surface area contributed by atoms with E-state index in [4.69, 9.17) is 4.74 Å². The SMILES string of the molecule is CCSC1CCCC1Nc1nccc(OC)n1. The van der Waals surface area contributed by atoms with Crippen molar-refractivity contribution in [3.63, 3.8) is 0 Å². The maximum absolute atomic E-state index is 5.10. The summed E-state index contributed by atoms with van der Waals surface area (Å²) in [7, 11) is 1.62. The van der Waals surface area contributed by atoms with Gasteiger partial charge < -0.3 is 10.1 Å². The molecule has 1 aromatic rings. The van der Waals surface area contributed by atoms with Crippen LogP contribution in [-0.2, 0) is 0 Å². The smallest absolute Gasteiger partial charge is 0.226 e. The fourth-order valence-electron chi connectivity index (χ4n) is 2.20. The number of rotatable bonds is 5. The lowest BCUT2D eigenvalue weighted by Crippen LogP contribution is -2.27. The molecule has 1 aliphatic carbocycles. The summed E-state index contributed by atoms with van der Waals surface area (Å²) in [5.41, 5.74) is 0. The van der Waals surface area contributed by atoms with E-state index < -0.39 is 0 Å². The molecule has 1 aromatic heterocycles. The minimum atomic E-state index is 0.493. The Bertz CT molecular complexity index is 361. The van der Waals surface area contributed by atoms with Crippen molar-refractivity contribution in [1.82, 2.24) is 9.97 Å². The van der Waals surface area contributed by atoms with Crippen LogP contribution in [0.1, 0.15) is 26.2 Å². The molecule has 0 bridgehead atoms. The Labute approximate surface area is 107 Å². The molecule has 1 aliphatic rings. The van der Waals surface area contributed by atoms with E-state index in [0.717, 1.165) is 0 Å². The Kier molecular flexibility index (Phi) is 4.48. The van der Waals surface area contributed by atoms with Gasteiger partial charge >= 0.3 is 0 Å². The van der Waals surface area contributed by atoms with Crippen LogP contribution in [0, 0.1) is 0 Å². The summed E-state index contributed by atoms with van der Waals surface area (Å²) in [6, 6.07) is 2.25. The van der Waals surface area contributed by atoms with Crippen LogP contribution in [0.4, 0.5) is 5.95 Å². The molecule has 2 unspecified atom stereocenters. The number of nitrogens with one attached hydrogen (secondary N) is 1. The number of hydrogen-bond acceptors (Lipinski definition) is 5. The molecule has 0 spiro atoms. The summed E-state index contributed by atoms with van der Waals surface area (Å²) in [6.45, 7) is 2.21.